The SMILES string of the molecule is COc1ccsc1C(NN)c1sccc1Cl. The summed E-state index contributed by atoms with van der Waals surface area (Å²) in [5.41, 5.74) is 2.78. The zero-order valence-electron chi connectivity index (χ0n) is 8.57. The normalized spacial score (nSPS) is 12.7. The summed E-state index contributed by atoms with van der Waals surface area (Å²) in [5.74, 6) is 6.43. The van der Waals surface area contributed by atoms with E-state index in [1.165, 1.54) is 0 Å². The van der Waals surface area contributed by atoms with Gasteiger partial charge in [-0.15, -0.1) is 22.7 Å². The number of rotatable bonds is 4. The van der Waals surface area contributed by atoms with Crippen LogP contribution < -0.4 is 16.0 Å². The monoisotopic (exact) mass is 274 g/mol. The standard InChI is InChI=1S/C10H11ClN2OS2/c1-14-7-3-5-16-10(7)8(13-12)9-6(11)2-4-15-9/h2-5,8,13H,12H2,1H3. The Labute approximate surface area is 107 Å². The highest BCUT2D eigenvalue weighted by atomic mass is 35.5. The van der Waals surface area contributed by atoms with Crippen LogP contribution in [0.5, 0.6) is 5.75 Å². The van der Waals surface area contributed by atoms with Crippen molar-refractivity contribution in [3.8, 4) is 5.75 Å². The Morgan fingerprint density at radius 1 is 1.31 bits per heavy atom. The molecule has 0 saturated heterocycles. The Bertz CT molecular complexity index is 469. The van der Waals surface area contributed by atoms with Gasteiger partial charge < -0.3 is 4.74 Å². The van der Waals surface area contributed by atoms with E-state index in [1.54, 1.807) is 29.8 Å². The first-order valence-electron chi connectivity index (χ1n) is 4.58. The molecular weight excluding hydrogens is 264 g/mol. The molecule has 0 saturated carbocycles. The highest BCUT2D eigenvalue weighted by Gasteiger charge is 2.21. The summed E-state index contributed by atoms with van der Waals surface area (Å²) in [6, 6.07) is 3.68. The van der Waals surface area contributed by atoms with Crippen LogP contribution in [0.1, 0.15) is 15.8 Å². The zero-order valence-corrected chi connectivity index (χ0v) is 11.0. The summed E-state index contributed by atoms with van der Waals surface area (Å²) in [4.78, 5) is 2.04. The van der Waals surface area contributed by atoms with Crippen molar-refractivity contribution in [2.75, 3.05) is 7.11 Å². The first-order chi connectivity index (χ1) is 7.77. The van der Waals surface area contributed by atoms with Gasteiger partial charge in [0.2, 0.25) is 0 Å². The second-order valence-corrected chi connectivity index (χ2v) is 5.39. The lowest BCUT2D eigenvalue weighted by atomic mass is 10.2. The Hall–Kier alpha value is -0.590. The van der Waals surface area contributed by atoms with Gasteiger partial charge in [-0.1, -0.05) is 11.6 Å². The third kappa shape index (κ3) is 2.09. The molecule has 2 aromatic heterocycles. The molecule has 0 aliphatic carbocycles. The molecule has 0 bridgehead atoms. The molecule has 0 spiro atoms. The summed E-state index contributed by atoms with van der Waals surface area (Å²) < 4.78 is 5.28. The maximum Gasteiger partial charge on any atom is 0.134 e. The third-order valence-electron chi connectivity index (χ3n) is 2.21. The van der Waals surface area contributed by atoms with Gasteiger partial charge in [-0.25, -0.2) is 5.43 Å². The van der Waals surface area contributed by atoms with Crippen molar-refractivity contribution in [3.05, 3.63) is 37.7 Å². The van der Waals surface area contributed by atoms with Gasteiger partial charge in [0.1, 0.15) is 5.75 Å². The van der Waals surface area contributed by atoms with E-state index in [2.05, 4.69) is 5.43 Å². The van der Waals surface area contributed by atoms with E-state index < -0.39 is 0 Å². The molecule has 3 N–H and O–H groups in total. The largest absolute Gasteiger partial charge is 0.496 e. The molecule has 0 aliphatic heterocycles. The Balaban J connectivity index is 2.40. The fraction of sp³-hybridized carbons (Fsp3) is 0.200. The average Bonchev–Trinajstić information content (AvgIpc) is 2.90. The van der Waals surface area contributed by atoms with E-state index in [0.29, 0.717) is 0 Å². The molecule has 2 heterocycles. The van der Waals surface area contributed by atoms with Crippen LogP contribution in [0.25, 0.3) is 0 Å². The van der Waals surface area contributed by atoms with Gasteiger partial charge in [0.25, 0.3) is 0 Å². The molecule has 16 heavy (non-hydrogen) atoms. The predicted molar refractivity (Wildman–Crippen MR) is 69.4 cm³/mol. The number of hydrazine groups is 1. The molecule has 0 radical (unpaired) electrons. The van der Waals surface area contributed by atoms with Crippen LogP contribution in [0, 0.1) is 0 Å². The molecule has 0 aromatic carbocycles. The molecule has 0 aliphatic rings. The Kier molecular flexibility index (Phi) is 3.83. The molecule has 0 amide bonds. The van der Waals surface area contributed by atoms with Gasteiger partial charge in [0.15, 0.2) is 0 Å². The third-order valence-corrected chi connectivity index (χ3v) is 4.60. The molecule has 0 fully saturated rings. The van der Waals surface area contributed by atoms with Crippen LogP contribution in [0.15, 0.2) is 22.9 Å². The van der Waals surface area contributed by atoms with Crippen molar-refractivity contribution in [2.24, 2.45) is 5.84 Å². The fourth-order valence-corrected chi connectivity index (χ4v) is 3.71. The van der Waals surface area contributed by atoms with E-state index in [9.17, 15) is 0 Å². The van der Waals surface area contributed by atoms with Gasteiger partial charge in [-0.2, -0.15) is 0 Å². The molecule has 1 atom stereocenters. The fourth-order valence-electron chi connectivity index (χ4n) is 1.47. The smallest absolute Gasteiger partial charge is 0.134 e. The van der Waals surface area contributed by atoms with Crippen LogP contribution in [-0.4, -0.2) is 7.11 Å². The Morgan fingerprint density at radius 3 is 2.56 bits per heavy atom. The average molecular weight is 275 g/mol. The van der Waals surface area contributed by atoms with E-state index >= 15 is 0 Å². The van der Waals surface area contributed by atoms with Gasteiger partial charge in [-0.3, -0.25) is 5.84 Å². The molecule has 2 rings (SSSR count). The number of thiophene rings is 2. The van der Waals surface area contributed by atoms with Crippen LogP contribution in [-0.2, 0) is 0 Å². The maximum atomic E-state index is 6.10. The lowest BCUT2D eigenvalue weighted by molar-refractivity contribution is 0.408. The minimum Gasteiger partial charge on any atom is -0.496 e. The number of methoxy groups -OCH3 is 1. The van der Waals surface area contributed by atoms with Crippen LogP contribution >= 0.6 is 34.3 Å². The van der Waals surface area contributed by atoms with Crippen molar-refractivity contribution >= 4 is 34.3 Å². The Morgan fingerprint density at radius 2 is 2.00 bits per heavy atom. The van der Waals surface area contributed by atoms with Gasteiger partial charge in [-0.05, 0) is 22.9 Å². The van der Waals surface area contributed by atoms with Crippen molar-refractivity contribution in [3.63, 3.8) is 0 Å². The number of ether oxygens (including phenoxy) is 1. The molecule has 6 heteroatoms. The molecule has 3 nitrogen and oxygen atoms in total. The topological polar surface area (TPSA) is 47.3 Å². The van der Waals surface area contributed by atoms with Crippen LogP contribution in [0.2, 0.25) is 5.02 Å². The molecule has 1 unspecified atom stereocenters. The van der Waals surface area contributed by atoms with Crippen molar-refractivity contribution in [1.82, 2.24) is 5.43 Å². The molecular formula is C10H11ClN2OS2. The summed E-state index contributed by atoms with van der Waals surface area (Å²) in [6.07, 6.45) is 0. The summed E-state index contributed by atoms with van der Waals surface area (Å²) >= 11 is 9.28. The molecule has 86 valence electrons. The number of halogens is 1. The zero-order chi connectivity index (χ0) is 11.5. The van der Waals surface area contributed by atoms with E-state index in [-0.39, 0.29) is 6.04 Å². The highest BCUT2D eigenvalue weighted by molar-refractivity contribution is 7.12. The maximum absolute atomic E-state index is 6.10. The predicted octanol–water partition coefficient (Wildman–Crippen LogP) is 3.02. The second kappa shape index (κ2) is 5.16. The minimum atomic E-state index is -0.109. The van der Waals surface area contributed by atoms with E-state index in [0.717, 1.165) is 20.5 Å². The number of nitrogens with two attached hydrogens (primary N) is 1. The first kappa shape index (κ1) is 11.9. The number of hydrogen-bond donors (Lipinski definition) is 2. The quantitative estimate of drug-likeness (QED) is 0.665. The minimum absolute atomic E-state index is 0.109. The van der Waals surface area contributed by atoms with Gasteiger partial charge >= 0.3 is 0 Å². The van der Waals surface area contributed by atoms with Crippen LogP contribution in [0.4, 0.5) is 0 Å². The number of hydrogen-bond acceptors (Lipinski definition) is 5. The molecule has 2 aromatic rings. The number of nitrogens with one attached hydrogen (secondary N) is 1. The second-order valence-electron chi connectivity index (χ2n) is 3.09. The van der Waals surface area contributed by atoms with Crippen molar-refractivity contribution < 1.29 is 4.74 Å². The summed E-state index contributed by atoms with van der Waals surface area (Å²) in [6.45, 7) is 0. The lowest BCUT2D eigenvalue weighted by Gasteiger charge is -2.14. The summed E-state index contributed by atoms with van der Waals surface area (Å²) in [7, 11) is 1.65. The summed E-state index contributed by atoms with van der Waals surface area (Å²) in [5, 5.41) is 4.64. The first-order valence-corrected chi connectivity index (χ1v) is 6.72. The van der Waals surface area contributed by atoms with Crippen LogP contribution in [0.3, 0.4) is 0 Å². The van der Waals surface area contributed by atoms with E-state index in [4.69, 9.17) is 22.2 Å². The lowest BCUT2D eigenvalue weighted by Crippen LogP contribution is -2.28. The van der Waals surface area contributed by atoms with Gasteiger partial charge in [0.05, 0.1) is 23.1 Å². The highest BCUT2D eigenvalue weighted by Crippen LogP contribution is 2.39. The van der Waals surface area contributed by atoms with Crippen molar-refractivity contribution in [1.29, 1.82) is 0 Å². The van der Waals surface area contributed by atoms with E-state index in [1.807, 2.05) is 22.9 Å². The van der Waals surface area contributed by atoms with Crippen molar-refractivity contribution in [2.45, 2.75) is 6.04 Å². The van der Waals surface area contributed by atoms with Gasteiger partial charge in [0, 0.05) is 4.88 Å².